The second-order valence-electron chi connectivity index (χ2n) is 7.40. The molecule has 30 heavy (non-hydrogen) atoms. The Morgan fingerprint density at radius 2 is 2.03 bits per heavy atom. The molecule has 3 aromatic rings. The second kappa shape index (κ2) is 8.21. The molecule has 2 aromatic heterocycles. The number of sulfonamides is 1. The third-order valence-corrected chi connectivity index (χ3v) is 6.76. The van der Waals surface area contributed by atoms with Gasteiger partial charge in [-0.1, -0.05) is 6.92 Å². The monoisotopic (exact) mass is 432 g/mol. The number of pyridine rings is 1. The first-order valence-corrected chi connectivity index (χ1v) is 11.5. The minimum atomic E-state index is -3.76. The van der Waals surface area contributed by atoms with E-state index in [4.69, 9.17) is 4.74 Å². The molecule has 0 spiro atoms. The van der Waals surface area contributed by atoms with Gasteiger partial charge in [0.1, 0.15) is 5.52 Å². The number of benzene rings is 1. The molecule has 1 fully saturated rings. The number of fused-ring (bicyclic) bond motifs is 3. The average Bonchev–Trinajstić information content (AvgIpc) is 3.18. The predicted octanol–water partition coefficient (Wildman–Crippen LogP) is 1.61. The Labute approximate surface area is 173 Å². The van der Waals surface area contributed by atoms with Crippen molar-refractivity contribution in [3.05, 3.63) is 40.3 Å². The van der Waals surface area contributed by atoms with E-state index in [9.17, 15) is 18.0 Å². The van der Waals surface area contributed by atoms with Gasteiger partial charge in [0, 0.05) is 28.5 Å². The number of aromatic nitrogens is 2. The quantitative estimate of drug-likeness (QED) is 0.437. The van der Waals surface area contributed by atoms with Gasteiger partial charge >= 0.3 is 5.97 Å². The van der Waals surface area contributed by atoms with Gasteiger partial charge in [-0.25, -0.2) is 17.9 Å². The zero-order valence-corrected chi connectivity index (χ0v) is 17.4. The molecule has 1 aliphatic heterocycles. The molecule has 0 amide bonds. The van der Waals surface area contributed by atoms with Crippen molar-refractivity contribution in [1.82, 2.24) is 20.0 Å². The lowest BCUT2D eigenvalue weighted by Gasteiger charge is -2.23. The number of rotatable bonds is 6. The number of hydrogen-bond acceptors (Lipinski definition) is 6. The van der Waals surface area contributed by atoms with Gasteiger partial charge < -0.3 is 20.0 Å². The van der Waals surface area contributed by atoms with Gasteiger partial charge in [-0.15, -0.1) is 0 Å². The molecule has 0 radical (unpaired) electrons. The summed E-state index contributed by atoms with van der Waals surface area (Å²) in [6, 6.07) is 4.35. The fourth-order valence-electron chi connectivity index (χ4n) is 3.73. The summed E-state index contributed by atoms with van der Waals surface area (Å²) in [5.41, 5.74) is 0.454. The van der Waals surface area contributed by atoms with Crippen molar-refractivity contribution in [1.29, 1.82) is 0 Å². The van der Waals surface area contributed by atoms with Crippen LogP contribution in [0.1, 0.15) is 36.5 Å². The number of H-pyrrole nitrogens is 2. The summed E-state index contributed by atoms with van der Waals surface area (Å²) in [7, 11) is -3.76. The average molecular weight is 433 g/mol. The zero-order valence-electron chi connectivity index (χ0n) is 16.6. The van der Waals surface area contributed by atoms with E-state index >= 15 is 0 Å². The van der Waals surface area contributed by atoms with E-state index in [1.54, 1.807) is 6.07 Å². The normalized spacial score (nSPS) is 15.6. The molecule has 160 valence electrons. The molecule has 10 heteroatoms. The SMILES string of the molecule is CCCOC(=O)c1c[nH]c2c(=O)[nH]c3ccc(S(=O)(=O)NC4CCNCC4)cc3c12. The number of aromatic amines is 2. The van der Waals surface area contributed by atoms with Crippen molar-refractivity contribution in [2.75, 3.05) is 19.7 Å². The number of hydrogen-bond donors (Lipinski definition) is 4. The van der Waals surface area contributed by atoms with Gasteiger partial charge in [-0.2, -0.15) is 0 Å². The molecule has 0 bridgehead atoms. The first-order valence-electron chi connectivity index (χ1n) is 9.98. The van der Waals surface area contributed by atoms with Crippen molar-refractivity contribution < 1.29 is 17.9 Å². The van der Waals surface area contributed by atoms with Crippen molar-refractivity contribution in [2.45, 2.75) is 37.1 Å². The minimum Gasteiger partial charge on any atom is -0.462 e. The third kappa shape index (κ3) is 3.85. The van der Waals surface area contributed by atoms with Gasteiger partial charge in [0.15, 0.2) is 0 Å². The molecule has 0 atom stereocenters. The number of ether oxygens (including phenoxy) is 1. The van der Waals surface area contributed by atoms with E-state index in [2.05, 4.69) is 20.0 Å². The molecule has 4 rings (SSSR count). The van der Waals surface area contributed by atoms with Crippen molar-refractivity contribution in [2.24, 2.45) is 0 Å². The van der Waals surface area contributed by atoms with Crippen LogP contribution in [0.3, 0.4) is 0 Å². The topological polar surface area (TPSA) is 133 Å². The molecule has 1 aliphatic rings. The Kier molecular flexibility index (Phi) is 5.63. The smallest absolute Gasteiger partial charge is 0.340 e. The van der Waals surface area contributed by atoms with E-state index in [0.29, 0.717) is 22.7 Å². The van der Waals surface area contributed by atoms with Crippen molar-refractivity contribution in [3.8, 4) is 0 Å². The molecule has 9 nitrogen and oxygen atoms in total. The highest BCUT2D eigenvalue weighted by Crippen LogP contribution is 2.27. The van der Waals surface area contributed by atoms with E-state index in [0.717, 1.165) is 25.9 Å². The summed E-state index contributed by atoms with van der Waals surface area (Å²) in [5, 5.41) is 4.02. The maximum absolute atomic E-state index is 12.9. The Bertz CT molecular complexity index is 1260. The molecule has 1 saturated heterocycles. The van der Waals surface area contributed by atoms with Gasteiger partial charge in [-0.3, -0.25) is 4.79 Å². The lowest BCUT2D eigenvalue weighted by molar-refractivity contribution is 0.0507. The molecule has 0 aliphatic carbocycles. The largest absolute Gasteiger partial charge is 0.462 e. The van der Waals surface area contributed by atoms with Crippen LogP contribution < -0.4 is 15.6 Å². The van der Waals surface area contributed by atoms with Gasteiger partial charge in [-0.05, 0) is 50.6 Å². The lowest BCUT2D eigenvalue weighted by atomic mass is 10.1. The standard InChI is InChI=1S/C20H24N4O5S/c1-2-9-29-20(26)15-11-22-18-17(15)14-10-13(3-4-16(14)23-19(18)25)30(27,28)24-12-5-7-21-8-6-12/h3-4,10-12,21-22,24H,2,5-9H2,1H3,(H,23,25). The maximum Gasteiger partial charge on any atom is 0.340 e. The van der Waals surface area contributed by atoms with E-state index < -0.39 is 21.6 Å². The number of nitrogens with one attached hydrogen (secondary N) is 4. The van der Waals surface area contributed by atoms with Gasteiger partial charge in [0.25, 0.3) is 5.56 Å². The van der Waals surface area contributed by atoms with E-state index in [1.807, 2.05) is 6.92 Å². The van der Waals surface area contributed by atoms with Crippen LogP contribution in [0.5, 0.6) is 0 Å². The van der Waals surface area contributed by atoms with Crippen LogP contribution in [0.4, 0.5) is 0 Å². The maximum atomic E-state index is 12.9. The van der Waals surface area contributed by atoms with Gasteiger partial charge in [0.05, 0.1) is 17.1 Å². The van der Waals surface area contributed by atoms with Crippen LogP contribution in [0.25, 0.3) is 21.8 Å². The highest BCUT2D eigenvalue weighted by Gasteiger charge is 2.24. The van der Waals surface area contributed by atoms with Crippen LogP contribution in [-0.4, -0.2) is 50.1 Å². The first-order chi connectivity index (χ1) is 14.4. The predicted molar refractivity (Wildman–Crippen MR) is 113 cm³/mol. The molecule has 0 unspecified atom stereocenters. The molecule has 0 saturated carbocycles. The van der Waals surface area contributed by atoms with Crippen LogP contribution in [-0.2, 0) is 14.8 Å². The number of carbonyl (C=O) groups excluding carboxylic acids is 1. The van der Waals surface area contributed by atoms with E-state index in [1.165, 1.54) is 18.3 Å². The summed E-state index contributed by atoms with van der Waals surface area (Å²) in [4.78, 5) is 30.5. The second-order valence-corrected chi connectivity index (χ2v) is 9.11. The molecular weight excluding hydrogens is 408 g/mol. The molecule has 1 aromatic carbocycles. The fraction of sp³-hybridized carbons (Fsp3) is 0.400. The Morgan fingerprint density at radius 3 is 2.77 bits per heavy atom. The number of piperidine rings is 1. The summed E-state index contributed by atoms with van der Waals surface area (Å²) >= 11 is 0. The number of carbonyl (C=O) groups is 1. The first kappa shape index (κ1) is 20.6. The number of esters is 1. The highest BCUT2D eigenvalue weighted by atomic mass is 32.2. The minimum absolute atomic E-state index is 0.0796. The van der Waals surface area contributed by atoms with E-state index in [-0.39, 0.29) is 28.6 Å². The summed E-state index contributed by atoms with van der Waals surface area (Å²) in [6.07, 6.45) is 3.52. The Balaban J connectivity index is 1.81. The van der Waals surface area contributed by atoms with Crippen molar-refractivity contribution in [3.63, 3.8) is 0 Å². The summed E-state index contributed by atoms with van der Waals surface area (Å²) < 4.78 is 33.9. The van der Waals surface area contributed by atoms with Crippen LogP contribution in [0.2, 0.25) is 0 Å². The summed E-state index contributed by atoms with van der Waals surface area (Å²) in [5.74, 6) is -0.559. The third-order valence-electron chi connectivity index (χ3n) is 5.24. The van der Waals surface area contributed by atoms with Crippen LogP contribution in [0.15, 0.2) is 34.1 Å². The zero-order chi connectivity index (χ0) is 21.3. The summed E-state index contributed by atoms with van der Waals surface area (Å²) in [6.45, 7) is 3.67. The van der Waals surface area contributed by atoms with Crippen molar-refractivity contribution >= 4 is 37.8 Å². The Hall–Kier alpha value is -2.69. The van der Waals surface area contributed by atoms with Gasteiger partial charge in [0.2, 0.25) is 10.0 Å². The molecular formula is C20H24N4O5S. The Morgan fingerprint density at radius 1 is 1.27 bits per heavy atom. The van der Waals surface area contributed by atoms with Crippen LogP contribution >= 0.6 is 0 Å². The molecule has 4 N–H and O–H groups in total. The highest BCUT2D eigenvalue weighted by molar-refractivity contribution is 7.89. The lowest BCUT2D eigenvalue weighted by Crippen LogP contribution is -2.42. The molecule has 3 heterocycles. The van der Waals surface area contributed by atoms with Crippen LogP contribution in [0, 0.1) is 0 Å². The fourth-order valence-corrected chi connectivity index (χ4v) is 5.06.